The summed E-state index contributed by atoms with van der Waals surface area (Å²) in [7, 11) is 3.38. The summed E-state index contributed by atoms with van der Waals surface area (Å²) < 4.78 is 0. The van der Waals surface area contributed by atoms with Gasteiger partial charge in [-0.3, -0.25) is 14.6 Å². The van der Waals surface area contributed by atoms with E-state index < -0.39 is 6.04 Å². The minimum atomic E-state index is -0.586. The maximum absolute atomic E-state index is 12.4. The molecule has 0 unspecified atom stereocenters. The quantitative estimate of drug-likeness (QED) is 0.730. The van der Waals surface area contributed by atoms with Gasteiger partial charge in [-0.2, -0.15) is 5.26 Å². The fourth-order valence-electron chi connectivity index (χ4n) is 3.85. The predicted octanol–water partition coefficient (Wildman–Crippen LogP) is 4.23. The molecule has 1 saturated carbocycles. The Kier molecular flexibility index (Phi) is 7.64. The Morgan fingerprint density at radius 3 is 2.58 bits per heavy atom. The fraction of sp³-hybridized carbons (Fsp3) is 0.417. The highest BCUT2D eigenvalue weighted by Gasteiger charge is 2.23. The molecule has 7 heteroatoms. The lowest BCUT2D eigenvalue weighted by Crippen LogP contribution is -2.40. The number of hydrogen-bond donors (Lipinski definition) is 1. The molecule has 1 aliphatic carbocycles. The summed E-state index contributed by atoms with van der Waals surface area (Å²) in [6.45, 7) is 0. The van der Waals surface area contributed by atoms with Crippen LogP contribution in [0.3, 0.4) is 0 Å². The molecule has 1 fully saturated rings. The van der Waals surface area contributed by atoms with Crippen molar-refractivity contribution in [3.8, 4) is 17.3 Å². The molecule has 1 heterocycles. The first kappa shape index (κ1) is 22.8. The van der Waals surface area contributed by atoms with E-state index in [9.17, 15) is 14.9 Å². The van der Waals surface area contributed by atoms with Gasteiger partial charge >= 0.3 is 0 Å². The van der Waals surface area contributed by atoms with E-state index >= 15 is 0 Å². The van der Waals surface area contributed by atoms with Crippen molar-refractivity contribution < 1.29 is 9.59 Å². The van der Waals surface area contributed by atoms with E-state index in [1.54, 1.807) is 38.5 Å². The van der Waals surface area contributed by atoms with Crippen LogP contribution in [-0.4, -0.2) is 41.8 Å². The van der Waals surface area contributed by atoms with Crippen molar-refractivity contribution in [3.05, 3.63) is 52.7 Å². The third-order valence-corrected chi connectivity index (χ3v) is 5.78. The van der Waals surface area contributed by atoms with Crippen molar-refractivity contribution in [2.75, 3.05) is 14.1 Å². The van der Waals surface area contributed by atoms with Gasteiger partial charge in [0.25, 0.3) is 5.91 Å². The van der Waals surface area contributed by atoms with Crippen LogP contribution in [0.25, 0.3) is 11.3 Å². The molecule has 6 nitrogen and oxygen atoms in total. The number of nitrogens with one attached hydrogen (secondary N) is 1. The molecule has 1 atom stereocenters. The number of rotatable bonds is 6. The lowest BCUT2D eigenvalue weighted by atomic mass is 9.88. The molecular weight excluding hydrogens is 412 g/mol. The van der Waals surface area contributed by atoms with Crippen LogP contribution in [0.2, 0.25) is 5.02 Å². The van der Waals surface area contributed by atoms with Gasteiger partial charge in [-0.25, -0.2) is 0 Å². The molecule has 3 rings (SSSR count). The van der Waals surface area contributed by atoms with Crippen LogP contribution >= 0.6 is 11.6 Å². The summed E-state index contributed by atoms with van der Waals surface area (Å²) in [6.07, 6.45) is 7.22. The summed E-state index contributed by atoms with van der Waals surface area (Å²) in [5.74, 6) is -0.134. The van der Waals surface area contributed by atoms with Gasteiger partial charge in [-0.05, 0) is 42.7 Å². The number of amides is 2. The summed E-state index contributed by atoms with van der Waals surface area (Å²) in [4.78, 5) is 30.7. The van der Waals surface area contributed by atoms with Crippen molar-refractivity contribution in [1.29, 1.82) is 5.26 Å². The van der Waals surface area contributed by atoms with Crippen LogP contribution in [0.15, 0.2) is 36.5 Å². The van der Waals surface area contributed by atoms with Crippen molar-refractivity contribution in [1.82, 2.24) is 15.2 Å². The summed E-state index contributed by atoms with van der Waals surface area (Å²) in [6, 6.07) is 10.5. The van der Waals surface area contributed by atoms with Crippen LogP contribution in [0, 0.1) is 17.2 Å². The molecule has 0 bridgehead atoms. The Morgan fingerprint density at radius 1 is 1.23 bits per heavy atom. The van der Waals surface area contributed by atoms with Crippen molar-refractivity contribution in [3.63, 3.8) is 0 Å². The minimum absolute atomic E-state index is 0.0204. The Balaban J connectivity index is 1.69. The lowest BCUT2D eigenvalue weighted by molar-refractivity contribution is -0.126. The second-order valence-electron chi connectivity index (χ2n) is 8.21. The zero-order valence-corrected chi connectivity index (χ0v) is 18.7. The van der Waals surface area contributed by atoms with E-state index in [-0.39, 0.29) is 17.7 Å². The van der Waals surface area contributed by atoms with Crippen LogP contribution in [-0.2, 0) is 11.2 Å². The van der Waals surface area contributed by atoms with Gasteiger partial charge < -0.3 is 10.2 Å². The van der Waals surface area contributed by atoms with Gasteiger partial charge in [0.05, 0.1) is 11.8 Å². The molecule has 31 heavy (non-hydrogen) atoms. The maximum atomic E-state index is 12.4. The largest absolute Gasteiger partial charge is 0.345 e. The fourth-order valence-corrected chi connectivity index (χ4v) is 4.09. The Bertz CT molecular complexity index is 976. The highest BCUT2D eigenvalue weighted by atomic mass is 35.5. The van der Waals surface area contributed by atoms with Gasteiger partial charge in [0, 0.05) is 48.8 Å². The van der Waals surface area contributed by atoms with Gasteiger partial charge in [-0.1, -0.05) is 36.9 Å². The van der Waals surface area contributed by atoms with E-state index in [1.165, 1.54) is 11.3 Å². The van der Waals surface area contributed by atoms with Gasteiger partial charge in [-0.15, -0.1) is 0 Å². The molecule has 0 saturated heterocycles. The predicted molar refractivity (Wildman–Crippen MR) is 121 cm³/mol. The lowest BCUT2D eigenvalue weighted by Gasteiger charge is -2.22. The van der Waals surface area contributed by atoms with E-state index in [0.717, 1.165) is 36.8 Å². The molecule has 0 aliphatic heterocycles. The monoisotopic (exact) mass is 438 g/mol. The molecule has 2 aromatic rings. The molecule has 1 aromatic carbocycles. The molecule has 2 amide bonds. The topological polar surface area (TPSA) is 86.1 Å². The SMILES string of the molecule is CN(C)C(=O)c1cc(Cl)cc(-c2ccc(C[C@@H](C#N)NC(=O)C3CCCCC3)cn2)c1. The first-order valence-corrected chi connectivity index (χ1v) is 10.9. The van der Waals surface area contributed by atoms with E-state index in [4.69, 9.17) is 11.6 Å². The summed E-state index contributed by atoms with van der Waals surface area (Å²) in [5.41, 5.74) is 2.77. The molecule has 1 aliphatic rings. The van der Waals surface area contributed by atoms with Crippen LogP contribution in [0.5, 0.6) is 0 Å². The second kappa shape index (κ2) is 10.4. The average Bonchev–Trinajstić information content (AvgIpc) is 2.78. The first-order valence-electron chi connectivity index (χ1n) is 10.5. The van der Waals surface area contributed by atoms with E-state index in [1.807, 2.05) is 12.1 Å². The van der Waals surface area contributed by atoms with Crippen LogP contribution < -0.4 is 5.32 Å². The van der Waals surface area contributed by atoms with Crippen molar-refractivity contribution >= 4 is 23.4 Å². The van der Waals surface area contributed by atoms with Gasteiger partial charge in [0.2, 0.25) is 5.91 Å². The highest BCUT2D eigenvalue weighted by Crippen LogP contribution is 2.25. The third kappa shape index (κ3) is 6.05. The number of carbonyl (C=O) groups is 2. The number of pyridine rings is 1. The molecule has 1 aromatic heterocycles. The smallest absolute Gasteiger partial charge is 0.253 e. The standard InChI is InChI=1S/C24H27ClN4O2/c1-29(2)24(31)19-11-18(12-20(25)13-19)22-9-8-16(15-27-22)10-21(14-26)28-23(30)17-6-4-3-5-7-17/h8-9,11-13,15,17,21H,3-7,10H2,1-2H3,(H,28,30)/t21-/m0/s1. The zero-order valence-electron chi connectivity index (χ0n) is 17.9. The zero-order chi connectivity index (χ0) is 22.4. The number of hydrogen-bond acceptors (Lipinski definition) is 4. The van der Waals surface area contributed by atoms with Gasteiger partial charge in [0.1, 0.15) is 6.04 Å². The third-order valence-electron chi connectivity index (χ3n) is 5.56. The van der Waals surface area contributed by atoms with Crippen molar-refractivity contribution in [2.24, 2.45) is 5.92 Å². The Morgan fingerprint density at radius 2 is 1.97 bits per heavy atom. The average molecular weight is 439 g/mol. The number of halogens is 1. The van der Waals surface area contributed by atoms with Crippen LogP contribution in [0.4, 0.5) is 0 Å². The number of aromatic nitrogens is 1. The number of nitrogens with zero attached hydrogens (tertiary/aromatic N) is 3. The van der Waals surface area contributed by atoms with Crippen LogP contribution in [0.1, 0.15) is 48.0 Å². The molecule has 0 spiro atoms. The number of benzene rings is 1. The minimum Gasteiger partial charge on any atom is -0.345 e. The Hall–Kier alpha value is -2.91. The molecule has 162 valence electrons. The number of nitriles is 1. The normalized spacial score (nSPS) is 15.0. The number of carbonyl (C=O) groups excluding carboxylic acids is 2. The molecule has 1 N–H and O–H groups in total. The van der Waals surface area contributed by atoms with E-state index in [2.05, 4.69) is 16.4 Å². The Labute approximate surface area is 188 Å². The molecule has 0 radical (unpaired) electrons. The van der Waals surface area contributed by atoms with Gasteiger partial charge in [0.15, 0.2) is 0 Å². The van der Waals surface area contributed by atoms with Crippen molar-refractivity contribution in [2.45, 2.75) is 44.6 Å². The summed E-state index contributed by atoms with van der Waals surface area (Å²) in [5, 5.41) is 12.8. The molecular formula is C24H27ClN4O2. The van der Waals surface area contributed by atoms with E-state index in [0.29, 0.717) is 22.7 Å². The second-order valence-corrected chi connectivity index (χ2v) is 8.65. The maximum Gasteiger partial charge on any atom is 0.253 e. The first-order chi connectivity index (χ1) is 14.9. The highest BCUT2D eigenvalue weighted by molar-refractivity contribution is 6.31. The summed E-state index contributed by atoms with van der Waals surface area (Å²) >= 11 is 6.21.